The molecule has 0 unspecified atom stereocenters. The van der Waals surface area contributed by atoms with Crippen LogP contribution in [0.15, 0.2) is 48.5 Å². The first-order valence-electron chi connectivity index (χ1n) is 6.76. The molecule has 0 radical (unpaired) electrons. The molecule has 0 saturated heterocycles. The molecule has 0 fully saturated rings. The fraction of sp³-hybridized carbons (Fsp3) is 0.176. The number of aromatic nitrogens is 1. The average molecular weight is 266 g/mol. The summed E-state index contributed by atoms with van der Waals surface area (Å²) in [5, 5.41) is 1.18. The summed E-state index contributed by atoms with van der Waals surface area (Å²) >= 11 is 0. The lowest BCUT2D eigenvalue weighted by molar-refractivity contribution is 0.300. The van der Waals surface area contributed by atoms with Gasteiger partial charge in [-0.05, 0) is 30.2 Å². The van der Waals surface area contributed by atoms with Gasteiger partial charge in [0.1, 0.15) is 12.4 Å². The minimum absolute atomic E-state index is 0.531. The fourth-order valence-electron chi connectivity index (χ4n) is 2.40. The summed E-state index contributed by atoms with van der Waals surface area (Å²) in [6.45, 7) is 3.12. The molecule has 3 aromatic rings. The Labute approximate surface area is 118 Å². The number of H-pyrrole nitrogens is 1. The fourth-order valence-corrected chi connectivity index (χ4v) is 2.40. The monoisotopic (exact) mass is 266 g/mol. The quantitative estimate of drug-likeness (QED) is 0.759. The first-order valence-corrected chi connectivity index (χ1v) is 6.76. The topological polar surface area (TPSA) is 51.0 Å². The van der Waals surface area contributed by atoms with E-state index in [0.29, 0.717) is 13.2 Å². The Kier molecular flexibility index (Phi) is 3.44. The van der Waals surface area contributed by atoms with Gasteiger partial charge in [-0.2, -0.15) is 0 Å². The zero-order valence-corrected chi connectivity index (χ0v) is 11.5. The molecule has 0 spiro atoms. The van der Waals surface area contributed by atoms with Gasteiger partial charge in [-0.3, -0.25) is 0 Å². The van der Waals surface area contributed by atoms with Crippen LogP contribution in [0, 0.1) is 6.92 Å². The van der Waals surface area contributed by atoms with Crippen molar-refractivity contribution in [3.05, 3.63) is 65.4 Å². The predicted molar refractivity (Wildman–Crippen MR) is 81.7 cm³/mol. The lowest BCUT2D eigenvalue weighted by atomic mass is 10.1. The second-order valence-electron chi connectivity index (χ2n) is 4.93. The van der Waals surface area contributed by atoms with Crippen LogP contribution < -0.4 is 10.5 Å². The molecule has 3 N–H and O–H groups in total. The van der Waals surface area contributed by atoms with Crippen molar-refractivity contribution in [2.75, 3.05) is 0 Å². The summed E-state index contributed by atoms with van der Waals surface area (Å²) < 4.78 is 5.86. The Morgan fingerprint density at radius 1 is 1.10 bits per heavy atom. The van der Waals surface area contributed by atoms with Crippen molar-refractivity contribution in [2.45, 2.75) is 20.1 Å². The molecule has 0 aliphatic rings. The SMILES string of the molecule is Cc1ccccc1OCc1cc2cccc(CN)c2[nH]1. The third kappa shape index (κ3) is 2.40. The molecule has 3 rings (SSSR count). The summed E-state index contributed by atoms with van der Waals surface area (Å²) in [6, 6.07) is 16.3. The Morgan fingerprint density at radius 2 is 1.95 bits per heavy atom. The largest absolute Gasteiger partial charge is 0.487 e. The van der Waals surface area contributed by atoms with E-state index in [2.05, 4.69) is 17.1 Å². The molecule has 0 aliphatic carbocycles. The van der Waals surface area contributed by atoms with Gasteiger partial charge in [0.15, 0.2) is 0 Å². The van der Waals surface area contributed by atoms with Crippen LogP contribution in [0.25, 0.3) is 10.9 Å². The van der Waals surface area contributed by atoms with Crippen LogP contribution in [0.2, 0.25) is 0 Å². The van der Waals surface area contributed by atoms with E-state index in [0.717, 1.165) is 28.1 Å². The maximum Gasteiger partial charge on any atom is 0.128 e. The third-order valence-corrected chi connectivity index (χ3v) is 3.49. The van der Waals surface area contributed by atoms with E-state index < -0.39 is 0 Å². The molecule has 2 aromatic carbocycles. The van der Waals surface area contributed by atoms with Crippen LogP contribution in [0.5, 0.6) is 5.75 Å². The van der Waals surface area contributed by atoms with E-state index in [1.165, 1.54) is 5.39 Å². The van der Waals surface area contributed by atoms with E-state index in [-0.39, 0.29) is 0 Å². The molecule has 1 aromatic heterocycles. The third-order valence-electron chi connectivity index (χ3n) is 3.49. The minimum Gasteiger partial charge on any atom is -0.487 e. The number of hydrogen-bond acceptors (Lipinski definition) is 2. The zero-order valence-electron chi connectivity index (χ0n) is 11.5. The lowest BCUT2D eigenvalue weighted by Crippen LogP contribution is -1.98. The van der Waals surface area contributed by atoms with Gasteiger partial charge in [0.2, 0.25) is 0 Å². The van der Waals surface area contributed by atoms with Crippen molar-refractivity contribution in [3.63, 3.8) is 0 Å². The molecule has 1 heterocycles. The van der Waals surface area contributed by atoms with Gasteiger partial charge in [-0.1, -0.05) is 36.4 Å². The van der Waals surface area contributed by atoms with Crippen LogP contribution in [-0.2, 0) is 13.2 Å². The molecule has 0 amide bonds. The van der Waals surface area contributed by atoms with Gasteiger partial charge in [-0.15, -0.1) is 0 Å². The van der Waals surface area contributed by atoms with E-state index >= 15 is 0 Å². The van der Waals surface area contributed by atoms with Crippen molar-refractivity contribution in [3.8, 4) is 5.75 Å². The van der Waals surface area contributed by atoms with Crippen LogP contribution in [0.1, 0.15) is 16.8 Å². The number of benzene rings is 2. The molecule has 20 heavy (non-hydrogen) atoms. The number of para-hydroxylation sites is 2. The van der Waals surface area contributed by atoms with Gasteiger partial charge in [0.25, 0.3) is 0 Å². The maximum atomic E-state index is 5.86. The molecular weight excluding hydrogens is 248 g/mol. The average Bonchev–Trinajstić information content (AvgIpc) is 2.89. The van der Waals surface area contributed by atoms with Crippen LogP contribution in [0.4, 0.5) is 0 Å². The van der Waals surface area contributed by atoms with Gasteiger partial charge in [-0.25, -0.2) is 0 Å². The van der Waals surface area contributed by atoms with Gasteiger partial charge < -0.3 is 15.5 Å². The Bertz CT molecular complexity index is 731. The van der Waals surface area contributed by atoms with Crippen molar-refractivity contribution < 1.29 is 4.74 Å². The molecule has 0 saturated carbocycles. The number of fused-ring (bicyclic) bond motifs is 1. The lowest BCUT2D eigenvalue weighted by Gasteiger charge is -2.07. The number of ether oxygens (including phenoxy) is 1. The molecule has 0 bridgehead atoms. The van der Waals surface area contributed by atoms with Crippen molar-refractivity contribution in [1.29, 1.82) is 0 Å². The molecular formula is C17H18N2O. The van der Waals surface area contributed by atoms with Crippen LogP contribution in [-0.4, -0.2) is 4.98 Å². The predicted octanol–water partition coefficient (Wildman–Crippen LogP) is 3.51. The number of hydrogen-bond donors (Lipinski definition) is 2. The standard InChI is InChI=1S/C17H18N2O/c1-12-5-2-3-8-16(12)20-11-15-9-13-6-4-7-14(10-18)17(13)19-15/h2-9,19H,10-11,18H2,1H3. The zero-order chi connectivity index (χ0) is 13.9. The number of aryl methyl sites for hydroxylation is 1. The highest BCUT2D eigenvalue weighted by Gasteiger charge is 2.05. The van der Waals surface area contributed by atoms with Crippen molar-refractivity contribution in [2.24, 2.45) is 5.73 Å². The number of nitrogens with two attached hydrogens (primary N) is 1. The summed E-state index contributed by atoms with van der Waals surface area (Å²) in [6.07, 6.45) is 0. The summed E-state index contributed by atoms with van der Waals surface area (Å²) in [4.78, 5) is 3.40. The van der Waals surface area contributed by atoms with Gasteiger partial charge >= 0.3 is 0 Å². The first kappa shape index (κ1) is 12.8. The van der Waals surface area contributed by atoms with Gasteiger partial charge in [0, 0.05) is 11.9 Å². The van der Waals surface area contributed by atoms with E-state index in [9.17, 15) is 0 Å². The molecule has 3 nitrogen and oxygen atoms in total. The maximum absolute atomic E-state index is 5.86. The highest BCUT2D eigenvalue weighted by molar-refractivity contribution is 5.83. The summed E-state index contributed by atoms with van der Waals surface area (Å²) in [5.41, 5.74) is 10.2. The van der Waals surface area contributed by atoms with E-state index in [1.807, 2.05) is 43.3 Å². The molecule has 3 heteroatoms. The highest BCUT2D eigenvalue weighted by Crippen LogP contribution is 2.22. The summed E-state index contributed by atoms with van der Waals surface area (Å²) in [7, 11) is 0. The summed E-state index contributed by atoms with van der Waals surface area (Å²) in [5.74, 6) is 0.921. The molecule has 0 atom stereocenters. The molecule has 102 valence electrons. The Balaban J connectivity index is 1.83. The second kappa shape index (κ2) is 5.39. The van der Waals surface area contributed by atoms with Crippen molar-refractivity contribution >= 4 is 10.9 Å². The Hall–Kier alpha value is -2.26. The molecule has 0 aliphatic heterocycles. The second-order valence-corrected chi connectivity index (χ2v) is 4.93. The number of nitrogens with one attached hydrogen (secondary N) is 1. The first-order chi connectivity index (χ1) is 9.78. The number of rotatable bonds is 4. The van der Waals surface area contributed by atoms with Gasteiger partial charge in [0.05, 0.1) is 11.2 Å². The van der Waals surface area contributed by atoms with Crippen LogP contribution in [0.3, 0.4) is 0 Å². The number of aromatic amines is 1. The van der Waals surface area contributed by atoms with E-state index in [1.54, 1.807) is 0 Å². The highest BCUT2D eigenvalue weighted by atomic mass is 16.5. The van der Waals surface area contributed by atoms with Crippen LogP contribution >= 0.6 is 0 Å². The minimum atomic E-state index is 0.531. The Morgan fingerprint density at radius 3 is 2.75 bits per heavy atom. The smallest absolute Gasteiger partial charge is 0.128 e. The van der Waals surface area contributed by atoms with Crippen molar-refractivity contribution in [1.82, 2.24) is 4.98 Å². The normalized spacial score (nSPS) is 10.9. The van der Waals surface area contributed by atoms with E-state index in [4.69, 9.17) is 10.5 Å².